The van der Waals surface area contributed by atoms with Crippen LogP contribution in [0.4, 0.5) is 36.2 Å². The van der Waals surface area contributed by atoms with E-state index in [9.17, 15) is 22.8 Å². The van der Waals surface area contributed by atoms with Gasteiger partial charge in [0.25, 0.3) is 0 Å². The van der Waals surface area contributed by atoms with Crippen LogP contribution in [-0.2, 0) is 34.0 Å². The van der Waals surface area contributed by atoms with Crippen molar-refractivity contribution in [3.63, 3.8) is 0 Å². The summed E-state index contributed by atoms with van der Waals surface area (Å²) >= 11 is 0. The number of amides is 2. The minimum atomic E-state index is -4.63. The lowest BCUT2D eigenvalue weighted by molar-refractivity contribution is -0.138. The van der Waals surface area contributed by atoms with Crippen LogP contribution in [0.25, 0.3) is 0 Å². The number of anilines is 4. The fourth-order valence-electron chi connectivity index (χ4n) is 5.58. The number of hydrogen-bond acceptors (Lipinski definition) is 7. The summed E-state index contributed by atoms with van der Waals surface area (Å²) in [5.41, 5.74) is 1.83. The van der Waals surface area contributed by atoms with Gasteiger partial charge in [-0.2, -0.15) is 13.2 Å². The molecule has 2 aliphatic rings. The SMILES string of the molecule is COc1cc(N2CCN(C(C)=O)CC2)ccc1Nc1ncc(C(F)(F)F)c(CCc2cccc3c2C(C)(C)C(=O)N3)n1. The number of carbonyl (C=O) groups is 2. The zero-order valence-corrected chi connectivity index (χ0v) is 23.9. The maximum Gasteiger partial charge on any atom is 0.419 e. The summed E-state index contributed by atoms with van der Waals surface area (Å²) in [6.07, 6.45) is -3.58. The van der Waals surface area contributed by atoms with Crippen molar-refractivity contribution < 1.29 is 27.5 Å². The van der Waals surface area contributed by atoms with Gasteiger partial charge in [0.05, 0.1) is 29.5 Å². The molecule has 1 saturated heterocycles. The second kappa shape index (κ2) is 11.1. The Hall–Kier alpha value is -4.35. The molecule has 5 rings (SSSR count). The normalized spacial score (nSPS) is 16.2. The first kappa shape index (κ1) is 29.2. The number of hydrogen-bond donors (Lipinski definition) is 2. The molecule has 0 atom stereocenters. The number of aromatic nitrogens is 2. The summed E-state index contributed by atoms with van der Waals surface area (Å²) in [7, 11) is 1.51. The average Bonchev–Trinajstić information content (AvgIpc) is 3.19. The van der Waals surface area contributed by atoms with Gasteiger partial charge in [-0.05, 0) is 56.0 Å². The summed E-state index contributed by atoms with van der Waals surface area (Å²) in [5.74, 6) is 0.388. The van der Waals surface area contributed by atoms with Crippen molar-refractivity contribution in [3.05, 3.63) is 65.0 Å². The fourth-order valence-corrected chi connectivity index (χ4v) is 5.58. The van der Waals surface area contributed by atoms with E-state index < -0.39 is 17.2 Å². The molecule has 0 saturated carbocycles. The van der Waals surface area contributed by atoms with E-state index in [-0.39, 0.29) is 36.3 Å². The van der Waals surface area contributed by atoms with Gasteiger partial charge >= 0.3 is 6.18 Å². The zero-order valence-electron chi connectivity index (χ0n) is 23.9. The van der Waals surface area contributed by atoms with Crippen molar-refractivity contribution in [2.24, 2.45) is 0 Å². The molecule has 2 amide bonds. The summed E-state index contributed by atoms with van der Waals surface area (Å²) in [6, 6.07) is 10.9. The number of fused-ring (bicyclic) bond motifs is 1. The highest BCUT2D eigenvalue weighted by atomic mass is 19.4. The van der Waals surface area contributed by atoms with E-state index in [4.69, 9.17) is 4.74 Å². The molecule has 0 bridgehead atoms. The monoisotopic (exact) mass is 582 g/mol. The third-order valence-electron chi connectivity index (χ3n) is 7.92. The fraction of sp³-hybridized carbons (Fsp3) is 0.400. The van der Waals surface area contributed by atoms with Crippen LogP contribution >= 0.6 is 0 Å². The molecule has 3 heterocycles. The van der Waals surface area contributed by atoms with E-state index in [1.54, 1.807) is 43.9 Å². The standard InChI is InChI=1S/C30H33F3N6O3/c1-18(40)38-12-14-39(15-13-38)20-9-11-23(25(16-20)42-4)37-28-34-17-21(30(31,32)33)22(36-28)10-8-19-6-5-7-24-26(19)29(2,3)27(41)35-24/h5-7,9,11,16-17H,8,10,12-15H2,1-4H3,(H,35,41)(H,34,36,37). The van der Waals surface area contributed by atoms with Gasteiger partial charge in [0.15, 0.2) is 0 Å². The summed E-state index contributed by atoms with van der Waals surface area (Å²) in [6.45, 7) is 7.75. The molecule has 2 aromatic carbocycles. The number of piperazine rings is 1. The Morgan fingerprint density at radius 3 is 2.52 bits per heavy atom. The first-order chi connectivity index (χ1) is 19.9. The summed E-state index contributed by atoms with van der Waals surface area (Å²) in [4.78, 5) is 36.3. The number of ether oxygens (including phenoxy) is 1. The van der Waals surface area contributed by atoms with Crippen molar-refractivity contribution in [3.8, 4) is 5.75 Å². The second-order valence-corrected chi connectivity index (χ2v) is 11.0. The van der Waals surface area contributed by atoms with E-state index in [0.717, 1.165) is 23.0 Å². The van der Waals surface area contributed by atoms with Crippen LogP contribution in [0.5, 0.6) is 5.75 Å². The molecule has 9 nitrogen and oxygen atoms in total. The molecule has 222 valence electrons. The summed E-state index contributed by atoms with van der Waals surface area (Å²) in [5, 5.41) is 5.87. The molecule has 2 aliphatic heterocycles. The van der Waals surface area contributed by atoms with Crippen LogP contribution < -0.4 is 20.3 Å². The largest absolute Gasteiger partial charge is 0.494 e. The van der Waals surface area contributed by atoms with Gasteiger partial charge in [-0.1, -0.05) is 12.1 Å². The van der Waals surface area contributed by atoms with Crippen LogP contribution in [0.2, 0.25) is 0 Å². The number of rotatable bonds is 7. The quantitative estimate of drug-likeness (QED) is 0.408. The van der Waals surface area contributed by atoms with Crippen LogP contribution in [0.3, 0.4) is 0 Å². The highest BCUT2D eigenvalue weighted by Crippen LogP contribution is 2.40. The molecular formula is C30H33F3N6O3. The lowest BCUT2D eigenvalue weighted by Gasteiger charge is -2.35. The minimum absolute atomic E-state index is 0.00488. The minimum Gasteiger partial charge on any atom is -0.494 e. The molecule has 0 aliphatic carbocycles. The lowest BCUT2D eigenvalue weighted by Crippen LogP contribution is -2.48. The predicted molar refractivity (Wildman–Crippen MR) is 153 cm³/mol. The van der Waals surface area contributed by atoms with Gasteiger partial charge < -0.3 is 25.2 Å². The van der Waals surface area contributed by atoms with E-state index in [1.165, 1.54) is 7.11 Å². The Kier molecular flexibility index (Phi) is 7.74. The number of nitrogens with zero attached hydrogens (tertiary/aromatic N) is 4. The molecule has 2 N–H and O–H groups in total. The highest BCUT2D eigenvalue weighted by Gasteiger charge is 2.40. The van der Waals surface area contributed by atoms with Gasteiger partial charge in [-0.3, -0.25) is 9.59 Å². The van der Waals surface area contributed by atoms with Crippen LogP contribution in [0.15, 0.2) is 42.6 Å². The number of halogens is 3. The van der Waals surface area contributed by atoms with Gasteiger partial charge in [0.2, 0.25) is 17.8 Å². The van der Waals surface area contributed by atoms with Crippen molar-refractivity contribution in [1.29, 1.82) is 0 Å². The van der Waals surface area contributed by atoms with Crippen molar-refractivity contribution in [2.45, 2.75) is 45.2 Å². The molecule has 12 heteroatoms. The molecule has 3 aromatic rings. The summed E-state index contributed by atoms with van der Waals surface area (Å²) < 4.78 is 47.4. The van der Waals surface area contributed by atoms with Gasteiger partial charge in [-0.15, -0.1) is 0 Å². The molecule has 42 heavy (non-hydrogen) atoms. The Morgan fingerprint density at radius 1 is 1.12 bits per heavy atom. The molecule has 0 radical (unpaired) electrons. The molecule has 0 unspecified atom stereocenters. The maximum absolute atomic E-state index is 13.9. The first-order valence-electron chi connectivity index (χ1n) is 13.7. The Balaban J connectivity index is 1.37. The first-order valence-corrected chi connectivity index (χ1v) is 13.7. The van der Waals surface area contributed by atoms with Gasteiger partial charge in [-0.25, -0.2) is 9.97 Å². The van der Waals surface area contributed by atoms with Gasteiger partial charge in [0, 0.05) is 56.7 Å². The van der Waals surface area contributed by atoms with Crippen LogP contribution in [-0.4, -0.2) is 60.0 Å². The third-order valence-corrected chi connectivity index (χ3v) is 7.92. The number of alkyl halides is 3. The lowest BCUT2D eigenvalue weighted by atomic mass is 9.82. The Labute approximate surface area is 242 Å². The molecule has 0 spiro atoms. The zero-order chi connectivity index (χ0) is 30.2. The Morgan fingerprint density at radius 2 is 1.86 bits per heavy atom. The van der Waals surface area contributed by atoms with Crippen LogP contribution in [0, 0.1) is 0 Å². The number of benzene rings is 2. The number of nitrogens with one attached hydrogen (secondary N) is 2. The number of methoxy groups -OCH3 is 1. The maximum atomic E-state index is 13.9. The van der Waals surface area contributed by atoms with E-state index in [1.807, 2.05) is 18.2 Å². The van der Waals surface area contributed by atoms with Gasteiger partial charge in [0.1, 0.15) is 5.75 Å². The predicted octanol–water partition coefficient (Wildman–Crippen LogP) is 4.93. The van der Waals surface area contributed by atoms with Crippen LogP contribution in [0.1, 0.15) is 43.2 Å². The van der Waals surface area contributed by atoms with Crippen molar-refractivity contribution in [1.82, 2.24) is 14.9 Å². The van der Waals surface area contributed by atoms with Crippen molar-refractivity contribution in [2.75, 3.05) is 48.8 Å². The van der Waals surface area contributed by atoms with E-state index in [0.29, 0.717) is 43.3 Å². The number of carbonyl (C=O) groups excluding carboxylic acids is 2. The average molecular weight is 583 g/mol. The van der Waals surface area contributed by atoms with E-state index >= 15 is 0 Å². The molecule has 1 fully saturated rings. The highest BCUT2D eigenvalue weighted by molar-refractivity contribution is 6.06. The van der Waals surface area contributed by atoms with E-state index in [2.05, 4.69) is 25.5 Å². The molecular weight excluding hydrogens is 549 g/mol. The Bertz CT molecular complexity index is 1520. The second-order valence-electron chi connectivity index (χ2n) is 11.0. The smallest absolute Gasteiger partial charge is 0.419 e. The number of aryl methyl sites for hydroxylation is 2. The van der Waals surface area contributed by atoms with Crippen molar-refractivity contribution >= 4 is 34.8 Å². The molecule has 1 aromatic heterocycles. The topological polar surface area (TPSA) is 99.7 Å². The third kappa shape index (κ3) is 5.70.